The fraction of sp³-hybridized carbons (Fsp3) is 0.667. The molecule has 0 aromatic rings. The van der Waals surface area contributed by atoms with Gasteiger partial charge in [-0.2, -0.15) is 0 Å². The first-order valence-electron chi connectivity index (χ1n) is 3.59. The van der Waals surface area contributed by atoms with Crippen LogP contribution in [0.1, 0.15) is 0 Å². The molecule has 0 fully saturated rings. The van der Waals surface area contributed by atoms with Gasteiger partial charge in [-0.25, -0.2) is 0 Å². The number of allylic oxidation sites excluding steroid dienone is 1. The summed E-state index contributed by atoms with van der Waals surface area (Å²) in [5.41, 5.74) is 0. The number of rotatable bonds is 2. The predicted molar refractivity (Wildman–Crippen MR) is 101 cm³/mol. The average Bonchev–Trinajstić information content (AvgIpc) is 2.25. The Kier molecular flexibility index (Phi) is 30.7. The van der Waals surface area contributed by atoms with Crippen LogP contribution in [0.3, 0.4) is 0 Å². The zero-order chi connectivity index (χ0) is 16.2. The molecule has 0 radical (unpaired) electrons. The number of halogens is 13. The van der Waals surface area contributed by atoms with Crippen LogP contribution in [0.4, 0.5) is 0 Å². The van der Waals surface area contributed by atoms with Crippen molar-refractivity contribution in [2.75, 3.05) is 11.8 Å². The molecule has 0 aromatic heterocycles. The fourth-order valence-electron chi connectivity index (χ4n) is 0.138. The summed E-state index contributed by atoms with van der Waals surface area (Å²) in [4.78, 5) is 0. The van der Waals surface area contributed by atoms with Crippen LogP contribution in [0.2, 0.25) is 0 Å². The molecule has 0 spiro atoms. The van der Waals surface area contributed by atoms with Crippen LogP contribution in [0.25, 0.3) is 0 Å². The van der Waals surface area contributed by atoms with E-state index in [0.717, 1.165) is 0 Å². The van der Waals surface area contributed by atoms with E-state index >= 15 is 0 Å². The SMILES string of the molecule is Cl.ClCC(Cl)=C(Cl)Cl.ClCC(Cl)C(Cl)(Cl)Cl.[Cl][Fe]([Cl])[Cl]. The molecule has 0 rings (SSSR count). The minimum atomic E-state index is -1.44. The molecule has 0 heterocycles. The van der Waals surface area contributed by atoms with Gasteiger partial charge in [-0.05, 0) is 0 Å². The normalized spacial score (nSPS) is 11.7. The second kappa shape index (κ2) is 19.4. The Labute approximate surface area is 186 Å². The molecule has 14 heteroatoms. The van der Waals surface area contributed by atoms with Crippen LogP contribution in [-0.2, 0) is 11.2 Å². The molecule has 0 aliphatic heterocycles. The summed E-state index contributed by atoms with van der Waals surface area (Å²) in [6, 6.07) is 0. The third kappa shape index (κ3) is 30.0. The van der Waals surface area contributed by atoms with Crippen molar-refractivity contribution >= 4 is 147 Å². The molecular formula is C6H6Cl13Fe. The van der Waals surface area contributed by atoms with E-state index in [4.69, 9.17) is 135 Å². The van der Waals surface area contributed by atoms with Crippen LogP contribution in [0.5, 0.6) is 0 Å². The van der Waals surface area contributed by atoms with Gasteiger partial charge >= 0.3 is 41.5 Å². The first-order chi connectivity index (χ1) is 8.39. The number of alkyl halides is 6. The predicted octanol–water partition coefficient (Wildman–Crippen LogP) is 8.80. The third-order valence-corrected chi connectivity index (χ3v) is 4.26. The third-order valence-electron chi connectivity index (χ3n) is 0.813. The molecule has 20 heavy (non-hydrogen) atoms. The Morgan fingerprint density at radius 1 is 0.950 bits per heavy atom. The molecule has 129 valence electrons. The van der Waals surface area contributed by atoms with Crippen LogP contribution in [0.15, 0.2) is 9.52 Å². The summed E-state index contributed by atoms with van der Waals surface area (Å²) in [5, 5.41) is -0.334. The van der Waals surface area contributed by atoms with Crippen molar-refractivity contribution in [3.05, 3.63) is 9.52 Å². The van der Waals surface area contributed by atoms with Gasteiger partial charge in [0.15, 0.2) is 0 Å². The van der Waals surface area contributed by atoms with E-state index in [1.54, 1.807) is 0 Å². The second-order valence-electron chi connectivity index (χ2n) is 2.11. The molecule has 0 nitrogen and oxygen atoms in total. The van der Waals surface area contributed by atoms with Gasteiger partial charge in [0.25, 0.3) is 0 Å². The second-order valence-corrected chi connectivity index (χ2v) is 12.5. The van der Waals surface area contributed by atoms with E-state index in [1.165, 1.54) is 0 Å². The summed E-state index contributed by atoms with van der Waals surface area (Å²) in [7, 11) is 14.7. The van der Waals surface area contributed by atoms with Crippen molar-refractivity contribution in [1.29, 1.82) is 0 Å². The minimum absolute atomic E-state index is 0. The molecule has 0 N–H and O–H groups in total. The summed E-state index contributed by atoms with van der Waals surface area (Å²) in [6.07, 6.45) is 0. The first-order valence-corrected chi connectivity index (χ1v) is 11.9. The molecular weight excluding hydrogens is 589 g/mol. The van der Waals surface area contributed by atoms with E-state index in [-0.39, 0.29) is 33.7 Å². The molecule has 0 saturated heterocycles. The van der Waals surface area contributed by atoms with Crippen LogP contribution >= 0.6 is 147 Å². The van der Waals surface area contributed by atoms with E-state index in [9.17, 15) is 0 Å². The number of hydrogen-bond donors (Lipinski definition) is 0. The zero-order valence-corrected chi connectivity index (χ0v) is 19.8. The Balaban J connectivity index is -0.0000000986. The van der Waals surface area contributed by atoms with Crippen molar-refractivity contribution in [3.8, 4) is 0 Å². The van der Waals surface area contributed by atoms with E-state index in [0.29, 0.717) is 0 Å². The fourth-order valence-corrected chi connectivity index (χ4v) is 1.24. The summed E-state index contributed by atoms with van der Waals surface area (Å²) < 4.78 is -1.40. The molecule has 0 saturated carbocycles. The molecule has 0 aromatic carbocycles. The van der Waals surface area contributed by atoms with Crippen molar-refractivity contribution in [2.45, 2.75) is 9.17 Å². The van der Waals surface area contributed by atoms with Crippen molar-refractivity contribution in [3.63, 3.8) is 0 Å². The van der Waals surface area contributed by atoms with Gasteiger partial charge in [0.1, 0.15) is 4.49 Å². The van der Waals surface area contributed by atoms with Crippen molar-refractivity contribution in [2.24, 2.45) is 0 Å². The van der Waals surface area contributed by atoms with Crippen molar-refractivity contribution < 1.29 is 11.2 Å². The Morgan fingerprint density at radius 3 is 1.25 bits per heavy atom. The molecule has 1 unspecified atom stereocenters. The van der Waals surface area contributed by atoms with Crippen molar-refractivity contribution in [1.82, 2.24) is 0 Å². The van der Waals surface area contributed by atoms with Gasteiger partial charge in [-0.15, -0.1) is 47.2 Å². The summed E-state index contributed by atoms with van der Waals surface area (Å²) >= 11 is 46.0. The monoisotopic (exact) mass is 589 g/mol. The standard InChI is InChI=1S/C3H3Cl5.C3H2Cl4.4ClH.Fe/c4-1-2(5)3(6,7)8;4-1-2(5)3(6)7;;;;;/h2H,1H2;1H2;4*1H;/q;;;;;;+3/p-3. The zero-order valence-electron chi connectivity index (χ0n) is 8.79. The van der Waals surface area contributed by atoms with Gasteiger partial charge in [0.2, 0.25) is 3.79 Å². The Hall–Kier alpha value is 4.03. The quantitative estimate of drug-likeness (QED) is 0.221. The van der Waals surface area contributed by atoms with Gasteiger partial charge in [-0.3, -0.25) is 0 Å². The van der Waals surface area contributed by atoms with Crippen LogP contribution in [0, 0.1) is 0 Å². The van der Waals surface area contributed by atoms with Gasteiger partial charge in [-0.1, -0.05) is 69.6 Å². The van der Waals surface area contributed by atoms with Gasteiger partial charge < -0.3 is 0 Å². The van der Waals surface area contributed by atoms with Crippen LogP contribution < -0.4 is 0 Å². The molecule has 0 bridgehead atoms. The van der Waals surface area contributed by atoms with E-state index in [1.807, 2.05) is 0 Å². The Bertz CT molecular complexity index is 229. The maximum absolute atomic E-state index is 5.41. The average molecular weight is 595 g/mol. The maximum atomic E-state index is 5.41. The summed E-state index contributed by atoms with van der Waals surface area (Å²) in [6.45, 7) is 0. The summed E-state index contributed by atoms with van der Waals surface area (Å²) in [5.74, 6) is 0.307. The first kappa shape index (κ1) is 31.8. The Morgan fingerprint density at radius 2 is 1.25 bits per heavy atom. The number of hydrogen-bond acceptors (Lipinski definition) is 0. The van der Waals surface area contributed by atoms with E-state index in [2.05, 4.69) is 0 Å². The van der Waals surface area contributed by atoms with Crippen LogP contribution in [-0.4, -0.2) is 20.9 Å². The molecule has 0 aliphatic carbocycles. The van der Waals surface area contributed by atoms with E-state index < -0.39 is 20.3 Å². The van der Waals surface area contributed by atoms with Gasteiger partial charge in [0.05, 0.1) is 16.3 Å². The topological polar surface area (TPSA) is 0 Å². The molecule has 0 amide bonds. The molecule has 0 aliphatic rings. The molecule has 1 atom stereocenters. The van der Waals surface area contributed by atoms with Gasteiger partial charge in [0, 0.05) is 5.88 Å².